The third-order valence-corrected chi connectivity index (χ3v) is 4.99. The van der Waals surface area contributed by atoms with Gasteiger partial charge in [-0.3, -0.25) is 14.4 Å². The molecule has 3 aromatic rings. The molecule has 0 spiro atoms. The molecule has 0 aliphatic rings. The zero-order chi connectivity index (χ0) is 22.1. The van der Waals surface area contributed by atoms with E-state index >= 15 is 0 Å². The topological polar surface area (TPSA) is 75.3 Å². The van der Waals surface area contributed by atoms with Crippen molar-refractivity contribution in [2.45, 2.75) is 19.3 Å². The number of ketones is 1. The van der Waals surface area contributed by atoms with Gasteiger partial charge in [-0.1, -0.05) is 54.1 Å². The Balaban J connectivity index is 1.53. The number of halogens is 1. The fourth-order valence-corrected chi connectivity index (χ4v) is 3.20. The van der Waals surface area contributed by atoms with Gasteiger partial charge in [-0.05, 0) is 48.4 Å². The van der Waals surface area contributed by atoms with Crippen LogP contribution in [-0.4, -0.2) is 24.1 Å². The molecule has 0 aliphatic heterocycles. The second-order valence-corrected chi connectivity index (χ2v) is 7.45. The molecular weight excluding hydrogens is 412 g/mol. The zero-order valence-electron chi connectivity index (χ0n) is 16.9. The minimum atomic E-state index is -0.327. The Kier molecular flexibility index (Phi) is 7.96. The second-order valence-electron chi connectivity index (χ2n) is 7.02. The highest BCUT2D eigenvalue weighted by Crippen LogP contribution is 2.16. The molecule has 0 saturated heterocycles. The lowest BCUT2D eigenvalue weighted by Gasteiger charge is -2.11. The number of hydrogen-bond acceptors (Lipinski definition) is 3. The highest BCUT2D eigenvalue weighted by atomic mass is 35.5. The van der Waals surface area contributed by atoms with Gasteiger partial charge in [-0.2, -0.15) is 0 Å². The molecule has 6 heteroatoms. The lowest BCUT2D eigenvalue weighted by Crippen LogP contribution is -2.27. The Morgan fingerprint density at radius 3 is 2.19 bits per heavy atom. The SMILES string of the molecule is O=C(CCC(=O)c1ccc(Cl)cc1)Nc1ccccc1C(=O)NCCc1ccccc1. The molecule has 0 heterocycles. The van der Waals surface area contributed by atoms with Crippen LogP contribution < -0.4 is 10.6 Å². The maximum atomic E-state index is 12.6. The third-order valence-electron chi connectivity index (χ3n) is 4.73. The van der Waals surface area contributed by atoms with Crippen molar-refractivity contribution in [3.8, 4) is 0 Å². The summed E-state index contributed by atoms with van der Waals surface area (Å²) < 4.78 is 0. The van der Waals surface area contributed by atoms with Crippen LogP contribution in [0.2, 0.25) is 5.02 Å². The number of benzene rings is 3. The molecule has 0 aromatic heterocycles. The van der Waals surface area contributed by atoms with Crippen LogP contribution in [0.25, 0.3) is 0 Å². The number of Topliss-reactive ketones (excluding diaryl/α,β-unsaturated/α-hetero) is 1. The average Bonchev–Trinajstić information content (AvgIpc) is 2.79. The average molecular weight is 435 g/mol. The van der Waals surface area contributed by atoms with Crippen LogP contribution in [0, 0.1) is 0 Å². The molecule has 0 saturated carbocycles. The second kappa shape index (κ2) is 11.1. The number of para-hydroxylation sites is 1. The number of carbonyl (C=O) groups excluding carboxylic acids is 3. The molecular formula is C25H23ClN2O3. The minimum absolute atomic E-state index is 0.0193. The van der Waals surface area contributed by atoms with E-state index in [0.717, 1.165) is 5.56 Å². The summed E-state index contributed by atoms with van der Waals surface area (Å²) >= 11 is 5.83. The molecule has 0 aliphatic carbocycles. The van der Waals surface area contributed by atoms with E-state index in [1.807, 2.05) is 30.3 Å². The van der Waals surface area contributed by atoms with Gasteiger partial charge < -0.3 is 10.6 Å². The zero-order valence-corrected chi connectivity index (χ0v) is 17.7. The molecule has 5 nitrogen and oxygen atoms in total. The van der Waals surface area contributed by atoms with Crippen LogP contribution in [-0.2, 0) is 11.2 Å². The molecule has 158 valence electrons. The standard InChI is InChI=1S/C25H23ClN2O3/c26-20-12-10-19(11-13-20)23(29)14-15-24(30)28-22-9-5-4-8-21(22)25(31)27-17-16-18-6-2-1-3-7-18/h1-13H,14-17H2,(H,27,31)(H,28,30). The lowest BCUT2D eigenvalue weighted by atomic mass is 10.1. The summed E-state index contributed by atoms with van der Waals surface area (Å²) in [6, 6.07) is 23.2. The fraction of sp³-hybridized carbons (Fsp3) is 0.160. The van der Waals surface area contributed by atoms with Gasteiger partial charge in [0.25, 0.3) is 5.91 Å². The maximum Gasteiger partial charge on any atom is 0.253 e. The van der Waals surface area contributed by atoms with Crippen LogP contribution in [0.1, 0.15) is 39.1 Å². The van der Waals surface area contributed by atoms with Crippen molar-refractivity contribution < 1.29 is 14.4 Å². The van der Waals surface area contributed by atoms with E-state index in [1.165, 1.54) is 0 Å². The smallest absolute Gasteiger partial charge is 0.253 e. The highest BCUT2D eigenvalue weighted by molar-refractivity contribution is 6.30. The normalized spacial score (nSPS) is 10.4. The summed E-state index contributed by atoms with van der Waals surface area (Å²) in [5, 5.41) is 6.17. The van der Waals surface area contributed by atoms with Gasteiger partial charge in [-0.25, -0.2) is 0 Å². The van der Waals surface area contributed by atoms with Crippen molar-refractivity contribution in [3.05, 3.63) is 101 Å². The number of rotatable bonds is 9. The van der Waals surface area contributed by atoms with Gasteiger partial charge in [-0.15, -0.1) is 0 Å². The molecule has 0 radical (unpaired) electrons. The summed E-state index contributed by atoms with van der Waals surface area (Å²) in [5.41, 5.74) is 2.45. The monoisotopic (exact) mass is 434 g/mol. The molecule has 3 aromatic carbocycles. The molecule has 0 unspecified atom stereocenters. The Labute approximate surface area is 186 Å². The van der Waals surface area contributed by atoms with Crippen molar-refractivity contribution in [1.29, 1.82) is 0 Å². The lowest BCUT2D eigenvalue weighted by molar-refractivity contribution is -0.116. The largest absolute Gasteiger partial charge is 0.352 e. The Morgan fingerprint density at radius 2 is 1.45 bits per heavy atom. The van der Waals surface area contributed by atoms with E-state index in [-0.39, 0.29) is 30.4 Å². The van der Waals surface area contributed by atoms with Crippen LogP contribution in [0.15, 0.2) is 78.9 Å². The quantitative estimate of drug-likeness (QED) is 0.469. The van der Waals surface area contributed by atoms with Gasteiger partial charge in [0.05, 0.1) is 11.3 Å². The first-order chi connectivity index (χ1) is 15.0. The van der Waals surface area contributed by atoms with E-state index < -0.39 is 0 Å². The molecule has 0 bridgehead atoms. The molecule has 31 heavy (non-hydrogen) atoms. The van der Waals surface area contributed by atoms with Gasteiger partial charge in [0.15, 0.2) is 5.78 Å². The predicted molar refractivity (Wildman–Crippen MR) is 123 cm³/mol. The van der Waals surface area contributed by atoms with Gasteiger partial charge in [0.1, 0.15) is 0 Å². The molecule has 2 amide bonds. The van der Waals surface area contributed by atoms with E-state index in [1.54, 1.807) is 48.5 Å². The van der Waals surface area contributed by atoms with E-state index in [9.17, 15) is 14.4 Å². The molecule has 3 rings (SSSR count). The van der Waals surface area contributed by atoms with Crippen molar-refractivity contribution in [3.63, 3.8) is 0 Å². The first-order valence-corrected chi connectivity index (χ1v) is 10.4. The van der Waals surface area contributed by atoms with Crippen molar-refractivity contribution >= 4 is 34.9 Å². The van der Waals surface area contributed by atoms with E-state index in [2.05, 4.69) is 10.6 Å². The van der Waals surface area contributed by atoms with E-state index in [4.69, 9.17) is 11.6 Å². The summed E-state index contributed by atoms with van der Waals surface area (Å²) in [5.74, 6) is -0.727. The number of hydrogen-bond donors (Lipinski definition) is 2. The number of amides is 2. The van der Waals surface area contributed by atoms with E-state index in [0.29, 0.717) is 34.8 Å². The third kappa shape index (κ3) is 6.79. The predicted octanol–water partition coefficient (Wildman–Crippen LogP) is 4.91. The number of nitrogens with one attached hydrogen (secondary N) is 2. The van der Waals surface area contributed by atoms with Crippen molar-refractivity contribution in [2.24, 2.45) is 0 Å². The number of carbonyl (C=O) groups is 3. The summed E-state index contributed by atoms with van der Waals surface area (Å²) in [6.07, 6.45) is 0.804. The van der Waals surface area contributed by atoms with Crippen LogP contribution in [0.5, 0.6) is 0 Å². The minimum Gasteiger partial charge on any atom is -0.352 e. The van der Waals surface area contributed by atoms with Crippen LogP contribution >= 0.6 is 11.6 Å². The highest BCUT2D eigenvalue weighted by Gasteiger charge is 2.14. The van der Waals surface area contributed by atoms with Crippen molar-refractivity contribution in [1.82, 2.24) is 5.32 Å². The Hall–Kier alpha value is -3.44. The van der Waals surface area contributed by atoms with Crippen LogP contribution in [0.3, 0.4) is 0 Å². The molecule has 2 N–H and O–H groups in total. The van der Waals surface area contributed by atoms with Gasteiger partial charge >= 0.3 is 0 Å². The first kappa shape index (κ1) is 22.2. The molecule has 0 atom stereocenters. The first-order valence-electron chi connectivity index (χ1n) is 10.0. The van der Waals surface area contributed by atoms with Gasteiger partial charge in [0.2, 0.25) is 5.91 Å². The summed E-state index contributed by atoms with van der Waals surface area (Å²) in [7, 11) is 0. The summed E-state index contributed by atoms with van der Waals surface area (Å²) in [4.78, 5) is 37.2. The number of anilines is 1. The van der Waals surface area contributed by atoms with Gasteiger partial charge in [0, 0.05) is 30.0 Å². The Morgan fingerprint density at radius 1 is 0.774 bits per heavy atom. The maximum absolute atomic E-state index is 12.6. The van der Waals surface area contributed by atoms with Crippen molar-refractivity contribution in [2.75, 3.05) is 11.9 Å². The Bertz CT molecular complexity index is 1050. The summed E-state index contributed by atoms with van der Waals surface area (Å²) in [6.45, 7) is 0.487. The fourth-order valence-electron chi connectivity index (χ4n) is 3.07. The van der Waals surface area contributed by atoms with Crippen LogP contribution in [0.4, 0.5) is 5.69 Å². The molecule has 0 fully saturated rings.